The molecular formula is C8H15NS. The Hall–Kier alpha value is -0.340. The van der Waals surface area contributed by atoms with Crippen LogP contribution in [0.3, 0.4) is 0 Å². The predicted octanol–water partition coefficient (Wildman–Crippen LogP) is 2.79. The Labute approximate surface area is 66.9 Å². The lowest BCUT2D eigenvalue weighted by atomic mass is 10.2. The molecule has 0 saturated carbocycles. The normalized spacial score (nSPS) is 11.6. The number of thiophene rings is 1. The molecule has 0 aliphatic heterocycles. The van der Waals surface area contributed by atoms with Gasteiger partial charge in [-0.25, -0.2) is 0 Å². The highest BCUT2D eigenvalue weighted by molar-refractivity contribution is 7.07. The van der Waals surface area contributed by atoms with Gasteiger partial charge in [0.2, 0.25) is 0 Å². The summed E-state index contributed by atoms with van der Waals surface area (Å²) in [5.74, 6) is 0. The first-order valence-electron chi connectivity index (χ1n) is 3.58. The van der Waals surface area contributed by atoms with Gasteiger partial charge in [-0.15, -0.1) is 0 Å². The molecule has 1 rings (SSSR count). The van der Waals surface area contributed by atoms with Crippen molar-refractivity contribution in [2.45, 2.75) is 26.8 Å². The summed E-state index contributed by atoms with van der Waals surface area (Å²) in [6.45, 7) is 5.99. The number of rotatable bonds is 1. The fraction of sp³-hybridized carbons (Fsp3) is 0.500. The molecule has 0 amide bonds. The van der Waals surface area contributed by atoms with Gasteiger partial charge in [-0.2, -0.15) is 11.3 Å². The van der Waals surface area contributed by atoms with Gasteiger partial charge in [-0.3, -0.25) is 0 Å². The van der Waals surface area contributed by atoms with Crippen molar-refractivity contribution in [2.75, 3.05) is 0 Å². The molecule has 1 atom stereocenters. The van der Waals surface area contributed by atoms with Gasteiger partial charge in [0.25, 0.3) is 0 Å². The Kier molecular flexibility index (Phi) is 5.26. The summed E-state index contributed by atoms with van der Waals surface area (Å²) in [6.07, 6.45) is 0. The lowest BCUT2D eigenvalue weighted by Crippen LogP contribution is -2.02. The van der Waals surface area contributed by atoms with Gasteiger partial charge < -0.3 is 5.73 Å². The van der Waals surface area contributed by atoms with Crippen molar-refractivity contribution in [2.24, 2.45) is 5.73 Å². The average Bonchev–Trinajstić information content (AvgIpc) is 2.42. The topological polar surface area (TPSA) is 26.0 Å². The lowest BCUT2D eigenvalue weighted by molar-refractivity contribution is 0.823. The van der Waals surface area contributed by atoms with Gasteiger partial charge in [0.15, 0.2) is 0 Å². The Balaban J connectivity index is 0.000000371. The van der Waals surface area contributed by atoms with Crippen molar-refractivity contribution in [3.05, 3.63) is 22.4 Å². The summed E-state index contributed by atoms with van der Waals surface area (Å²) < 4.78 is 0. The molecule has 0 radical (unpaired) electrons. The third-order valence-corrected chi connectivity index (χ3v) is 1.77. The molecule has 0 aliphatic carbocycles. The zero-order valence-electron chi connectivity index (χ0n) is 6.79. The summed E-state index contributed by atoms with van der Waals surface area (Å²) in [6, 6.07) is 2.25. The molecule has 2 N–H and O–H groups in total. The third kappa shape index (κ3) is 2.99. The van der Waals surface area contributed by atoms with Crippen molar-refractivity contribution >= 4 is 11.3 Å². The van der Waals surface area contributed by atoms with Crippen LogP contribution in [0.25, 0.3) is 0 Å². The molecule has 2 heteroatoms. The van der Waals surface area contributed by atoms with Crippen molar-refractivity contribution in [1.82, 2.24) is 0 Å². The Morgan fingerprint density at radius 3 is 2.30 bits per heavy atom. The van der Waals surface area contributed by atoms with Crippen LogP contribution >= 0.6 is 11.3 Å². The number of nitrogens with two attached hydrogens (primary N) is 1. The fourth-order valence-electron chi connectivity index (χ4n) is 0.534. The maximum atomic E-state index is 5.56. The van der Waals surface area contributed by atoms with E-state index in [1.165, 1.54) is 5.56 Å². The number of hydrogen-bond donors (Lipinski definition) is 1. The molecule has 10 heavy (non-hydrogen) atoms. The van der Waals surface area contributed by atoms with E-state index in [0.717, 1.165) is 0 Å². The van der Waals surface area contributed by atoms with Gasteiger partial charge in [0, 0.05) is 6.04 Å². The van der Waals surface area contributed by atoms with E-state index < -0.39 is 0 Å². The van der Waals surface area contributed by atoms with Crippen molar-refractivity contribution in [1.29, 1.82) is 0 Å². The third-order valence-electron chi connectivity index (χ3n) is 1.07. The minimum Gasteiger partial charge on any atom is -0.324 e. The summed E-state index contributed by atoms with van der Waals surface area (Å²) in [7, 11) is 0. The van der Waals surface area contributed by atoms with Crippen LogP contribution in [-0.2, 0) is 0 Å². The molecule has 0 bridgehead atoms. The first-order chi connectivity index (χ1) is 4.80. The monoisotopic (exact) mass is 157 g/mol. The SMILES string of the molecule is CC.CC(N)c1ccsc1. The zero-order valence-corrected chi connectivity index (χ0v) is 7.61. The molecule has 1 unspecified atom stereocenters. The van der Waals surface area contributed by atoms with E-state index in [1.807, 2.05) is 26.2 Å². The van der Waals surface area contributed by atoms with Gasteiger partial charge in [-0.05, 0) is 29.3 Å². The van der Waals surface area contributed by atoms with E-state index in [2.05, 4.69) is 11.4 Å². The Morgan fingerprint density at radius 1 is 1.50 bits per heavy atom. The minimum atomic E-state index is 0.196. The minimum absolute atomic E-state index is 0.196. The first kappa shape index (κ1) is 9.66. The largest absolute Gasteiger partial charge is 0.324 e. The second-order valence-corrected chi connectivity index (χ2v) is 2.63. The van der Waals surface area contributed by atoms with E-state index in [0.29, 0.717) is 0 Å². The summed E-state index contributed by atoms with van der Waals surface area (Å²) in [5.41, 5.74) is 6.80. The van der Waals surface area contributed by atoms with Crippen LogP contribution in [0.2, 0.25) is 0 Å². The molecule has 0 spiro atoms. The highest BCUT2D eigenvalue weighted by Crippen LogP contribution is 2.12. The molecule has 1 heterocycles. The van der Waals surface area contributed by atoms with E-state index in [-0.39, 0.29) is 6.04 Å². The van der Waals surface area contributed by atoms with Crippen LogP contribution in [0.5, 0.6) is 0 Å². The van der Waals surface area contributed by atoms with Gasteiger partial charge in [-0.1, -0.05) is 13.8 Å². The van der Waals surface area contributed by atoms with Crippen molar-refractivity contribution in [3.8, 4) is 0 Å². The standard InChI is InChI=1S/C6H9NS.C2H6/c1-5(7)6-2-3-8-4-6;1-2/h2-5H,7H2,1H3;1-2H3. The summed E-state index contributed by atoms with van der Waals surface area (Å²) in [4.78, 5) is 0. The molecule has 0 aliphatic rings. The smallest absolute Gasteiger partial charge is 0.0274 e. The zero-order chi connectivity index (χ0) is 7.98. The second-order valence-electron chi connectivity index (χ2n) is 1.85. The maximum absolute atomic E-state index is 5.56. The average molecular weight is 157 g/mol. The van der Waals surface area contributed by atoms with Crippen LogP contribution in [0.1, 0.15) is 32.4 Å². The predicted molar refractivity (Wildman–Crippen MR) is 48.3 cm³/mol. The molecular weight excluding hydrogens is 142 g/mol. The van der Waals surface area contributed by atoms with Crippen molar-refractivity contribution in [3.63, 3.8) is 0 Å². The van der Waals surface area contributed by atoms with E-state index in [4.69, 9.17) is 5.73 Å². The molecule has 1 aromatic heterocycles. The van der Waals surface area contributed by atoms with Gasteiger partial charge in [0.1, 0.15) is 0 Å². The lowest BCUT2D eigenvalue weighted by Gasteiger charge is -1.97. The highest BCUT2D eigenvalue weighted by Gasteiger charge is 1.95. The van der Waals surface area contributed by atoms with Crippen LogP contribution in [0.15, 0.2) is 16.8 Å². The van der Waals surface area contributed by atoms with E-state index >= 15 is 0 Å². The van der Waals surface area contributed by atoms with E-state index in [9.17, 15) is 0 Å². The summed E-state index contributed by atoms with van der Waals surface area (Å²) in [5, 5.41) is 4.11. The molecule has 0 saturated heterocycles. The van der Waals surface area contributed by atoms with Crippen LogP contribution in [0.4, 0.5) is 0 Å². The molecule has 1 nitrogen and oxygen atoms in total. The van der Waals surface area contributed by atoms with Crippen molar-refractivity contribution < 1.29 is 0 Å². The Morgan fingerprint density at radius 2 is 2.10 bits per heavy atom. The molecule has 0 fully saturated rings. The highest BCUT2D eigenvalue weighted by atomic mass is 32.1. The molecule has 0 aromatic carbocycles. The van der Waals surface area contributed by atoms with Crippen LogP contribution in [0, 0.1) is 0 Å². The second kappa shape index (κ2) is 5.45. The first-order valence-corrected chi connectivity index (χ1v) is 4.52. The van der Waals surface area contributed by atoms with Gasteiger partial charge in [0.05, 0.1) is 0 Å². The summed E-state index contributed by atoms with van der Waals surface area (Å²) >= 11 is 1.69. The van der Waals surface area contributed by atoms with Crippen LogP contribution in [-0.4, -0.2) is 0 Å². The fourth-order valence-corrected chi connectivity index (χ4v) is 1.30. The van der Waals surface area contributed by atoms with Gasteiger partial charge >= 0.3 is 0 Å². The maximum Gasteiger partial charge on any atom is 0.0274 e. The molecule has 58 valence electrons. The number of hydrogen-bond acceptors (Lipinski definition) is 2. The quantitative estimate of drug-likeness (QED) is 0.666. The van der Waals surface area contributed by atoms with E-state index in [1.54, 1.807) is 11.3 Å². The molecule has 1 aromatic rings. The Bertz CT molecular complexity index is 144. The van der Waals surface area contributed by atoms with Crippen LogP contribution < -0.4 is 5.73 Å².